The van der Waals surface area contributed by atoms with Gasteiger partial charge in [-0.05, 0) is 49.9 Å². The second-order valence-corrected chi connectivity index (χ2v) is 9.91. The highest BCUT2D eigenvalue weighted by atomic mass is 35.5. The molecule has 3 heterocycles. The highest BCUT2D eigenvalue weighted by Gasteiger charge is 2.53. The summed E-state index contributed by atoms with van der Waals surface area (Å²) in [5, 5.41) is 3.74. The van der Waals surface area contributed by atoms with Gasteiger partial charge in [-0.1, -0.05) is 41.9 Å². The van der Waals surface area contributed by atoms with Crippen LogP contribution in [0.2, 0.25) is 5.02 Å². The fourth-order valence-corrected chi connectivity index (χ4v) is 5.94. The summed E-state index contributed by atoms with van der Waals surface area (Å²) in [5.74, 6) is -0.523. The summed E-state index contributed by atoms with van der Waals surface area (Å²) in [4.78, 5) is 42.6. The summed E-state index contributed by atoms with van der Waals surface area (Å²) in [5.41, 5.74) is 0.875. The van der Waals surface area contributed by atoms with E-state index in [4.69, 9.17) is 16.3 Å². The third kappa shape index (κ3) is 3.67. The molecule has 0 aromatic heterocycles. The first-order chi connectivity index (χ1) is 16.4. The molecule has 2 aromatic carbocycles. The number of amides is 3. The quantitative estimate of drug-likeness (QED) is 0.709. The maximum atomic E-state index is 13.4. The molecule has 3 amide bonds. The van der Waals surface area contributed by atoms with Crippen molar-refractivity contribution in [2.45, 2.75) is 43.7 Å². The molecule has 0 radical (unpaired) electrons. The van der Waals surface area contributed by atoms with Crippen molar-refractivity contribution >= 4 is 35.0 Å². The van der Waals surface area contributed by atoms with Gasteiger partial charge in [-0.25, -0.2) is 0 Å². The molecule has 0 saturated carbocycles. The molecule has 3 aliphatic rings. The molecule has 3 aliphatic heterocycles. The normalized spacial score (nSPS) is 23.5. The fourth-order valence-electron chi connectivity index (χ4n) is 5.60. The molecule has 1 unspecified atom stereocenters. The van der Waals surface area contributed by atoms with E-state index in [0.717, 1.165) is 18.4 Å². The van der Waals surface area contributed by atoms with Crippen molar-refractivity contribution in [3.8, 4) is 0 Å². The maximum absolute atomic E-state index is 13.4. The van der Waals surface area contributed by atoms with Crippen LogP contribution in [0.1, 0.15) is 48.5 Å². The zero-order valence-corrected chi connectivity index (χ0v) is 19.9. The molecular weight excluding hydrogens is 454 g/mol. The van der Waals surface area contributed by atoms with Gasteiger partial charge in [-0.2, -0.15) is 0 Å². The molecule has 1 N–H and O–H groups in total. The Kier molecular flexibility index (Phi) is 5.86. The topological polar surface area (TPSA) is 79.0 Å². The van der Waals surface area contributed by atoms with Crippen LogP contribution in [0.4, 0.5) is 5.69 Å². The monoisotopic (exact) mass is 481 g/mol. The molecule has 8 heteroatoms. The van der Waals surface area contributed by atoms with Crippen molar-refractivity contribution in [2.75, 3.05) is 31.2 Å². The molecule has 5 rings (SSSR count). The van der Waals surface area contributed by atoms with E-state index in [0.29, 0.717) is 48.9 Å². The van der Waals surface area contributed by atoms with E-state index in [1.807, 2.05) is 37.3 Å². The number of carbonyl (C=O) groups excluding carboxylic acids is 3. The lowest BCUT2D eigenvalue weighted by molar-refractivity contribution is -0.124. The Labute approximate surface area is 204 Å². The SMILES string of the molecule is CC12CCC(=O)N1c1ccccc1C(=O)N2CC(=O)NCC1(c2ccccc2Cl)CCOCC1. The number of ether oxygens (including phenoxy) is 1. The fraction of sp³-hybridized carbons (Fsp3) is 0.423. The standard InChI is InChI=1S/C26H28ClN3O4/c1-25-11-10-23(32)30(25)21-9-5-2-6-18(21)24(33)29(25)16-22(31)28-17-26(12-14-34-15-13-26)19-7-3-4-8-20(19)27/h2-9H,10-17H2,1H3,(H,28,31). The van der Waals surface area contributed by atoms with E-state index in [1.54, 1.807) is 28.0 Å². The average molecular weight is 482 g/mol. The van der Waals surface area contributed by atoms with Crippen LogP contribution in [0.25, 0.3) is 0 Å². The van der Waals surface area contributed by atoms with E-state index < -0.39 is 5.66 Å². The van der Waals surface area contributed by atoms with Gasteiger partial charge in [0.05, 0.1) is 11.3 Å². The molecule has 0 bridgehead atoms. The van der Waals surface area contributed by atoms with Crippen LogP contribution in [0.5, 0.6) is 0 Å². The van der Waals surface area contributed by atoms with Gasteiger partial charge in [0.25, 0.3) is 5.91 Å². The van der Waals surface area contributed by atoms with Gasteiger partial charge in [0.15, 0.2) is 0 Å². The molecule has 178 valence electrons. The zero-order chi connectivity index (χ0) is 23.9. The predicted molar refractivity (Wildman–Crippen MR) is 129 cm³/mol. The van der Waals surface area contributed by atoms with Crippen LogP contribution in [0, 0.1) is 0 Å². The largest absolute Gasteiger partial charge is 0.381 e. The van der Waals surface area contributed by atoms with Crippen molar-refractivity contribution in [3.63, 3.8) is 0 Å². The average Bonchev–Trinajstić information content (AvgIpc) is 3.16. The van der Waals surface area contributed by atoms with Gasteiger partial charge in [-0.15, -0.1) is 0 Å². The number of carbonyl (C=O) groups is 3. The number of benzene rings is 2. The Morgan fingerprint density at radius 1 is 1.06 bits per heavy atom. The van der Waals surface area contributed by atoms with Crippen molar-refractivity contribution < 1.29 is 19.1 Å². The number of hydrogen-bond donors (Lipinski definition) is 1. The Morgan fingerprint density at radius 2 is 1.76 bits per heavy atom. The third-order valence-corrected chi connectivity index (χ3v) is 7.90. The lowest BCUT2D eigenvalue weighted by Crippen LogP contribution is -2.64. The van der Waals surface area contributed by atoms with Gasteiger partial charge < -0.3 is 15.0 Å². The van der Waals surface area contributed by atoms with Crippen LogP contribution >= 0.6 is 11.6 Å². The summed E-state index contributed by atoms with van der Waals surface area (Å²) < 4.78 is 5.59. The van der Waals surface area contributed by atoms with Gasteiger partial charge in [0.1, 0.15) is 12.2 Å². The van der Waals surface area contributed by atoms with Crippen molar-refractivity contribution in [2.24, 2.45) is 0 Å². The van der Waals surface area contributed by atoms with Gasteiger partial charge in [-0.3, -0.25) is 19.3 Å². The Balaban J connectivity index is 1.37. The number of rotatable bonds is 5. The maximum Gasteiger partial charge on any atom is 0.258 e. The van der Waals surface area contributed by atoms with Crippen LogP contribution < -0.4 is 10.2 Å². The lowest BCUT2D eigenvalue weighted by Gasteiger charge is -2.48. The van der Waals surface area contributed by atoms with Crippen molar-refractivity contribution in [1.82, 2.24) is 10.2 Å². The number of para-hydroxylation sites is 1. The molecule has 2 saturated heterocycles. The highest BCUT2D eigenvalue weighted by Crippen LogP contribution is 2.44. The van der Waals surface area contributed by atoms with Crippen LogP contribution in [-0.2, 0) is 19.7 Å². The lowest BCUT2D eigenvalue weighted by atomic mass is 9.74. The van der Waals surface area contributed by atoms with Crippen LogP contribution in [-0.4, -0.2) is 54.6 Å². The smallest absolute Gasteiger partial charge is 0.258 e. The van der Waals surface area contributed by atoms with Crippen molar-refractivity contribution in [1.29, 1.82) is 0 Å². The van der Waals surface area contributed by atoms with Gasteiger partial charge in [0.2, 0.25) is 11.8 Å². The molecule has 0 spiro atoms. The number of nitrogens with zero attached hydrogens (tertiary/aromatic N) is 2. The minimum Gasteiger partial charge on any atom is -0.381 e. The summed E-state index contributed by atoms with van der Waals surface area (Å²) >= 11 is 6.53. The van der Waals surface area contributed by atoms with E-state index in [9.17, 15) is 14.4 Å². The first kappa shape index (κ1) is 22.9. The van der Waals surface area contributed by atoms with E-state index in [2.05, 4.69) is 5.32 Å². The predicted octanol–water partition coefficient (Wildman–Crippen LogP) is 3.50. The summed E-state index contributed by atoms with van der Waals surface area (Å²) in [7, 11) is 0. The Bertz CT molecular complexity index is 1150. The number of halogens is 1. The summed E-state index contributed by atoms with van der Waals surface area (Å²) in [6, 6.07) is 14.8. The molecule has 2 fully saturated rings. The Morgan fingerprint density at radius 3 is 2.53 bits per heavy atom. The van der Waals surface area contributed by atoms with Crippen LogP contribution in [0.3, 0.4) is 0 Å². The minimum atomic E-state index is -0.862. The zero-order valence-electron chi connectivity index (χ0n) is 19.2. The molecule has 34 heavy (non-hydrogen) atoms. The van der Waals surface area contributed by atoms with E-state index >= 15 is 0 Å². The van der Waals surface area contributed by atoms with Crippen molar-refractivity contribution in [3.05, 3.63) is 64.7 Å². The summed E-state index contributed by atoms with van der Waals surface area (Å²) in [6.07, 6.45) is 2.31. The Hall–Kier alpha value is -2.90. The highest BCUT2D eigenvalue weighted by molar-refractivity contribution is 6.31. The van der Waals surface area contributed by atoms with Crippen LogP contribution in [0.15, 0.2) is 48.5 Å². The summed E-state index contributed by atoms with van der Waals surface area (Å²) in [6.45, 7) is 3.33. The molecule has 2 aromatic rings. The first-order valence-electron chi connectivity index (χ1n) is 11.7. The molecule has 0 aliphatic carbocycles. The second-order valence-electron chi connectivity index (χ2n) is 9.50. The second kappa shape index (κ2) is 8.71. The first-order valence-corrected chi connectivity index (χ1v) is 12.1. The molecule has 7 nitrogen and oxygen atoms in total. The minimum absolute atomic E-state index is 0.0345. The number of anilines is 1. The third-order valence-electron chi connectivity index (χ3n) is 7.57. The number of fused-ring (bicyclic) bond motifs is 3. The van der Waals surface area contributed by atoms with E-state index in [-0.39, 0.29) is 29.7 Å². The van der Waals surface area contributed by atoms with E-state index in [1.165, 1.54) is 0 Å². The molecular formula is C26H28ClN3O4. The number of nitrogens with one attached hydrogen (secondary N) is 1. The van der Waals surface area contributed by atoms with Gasteiger partial charge in [0, 0.05) is 36.6 Å². The van der Waals surface area contributed by atoms with Gasteiger partial charge >= 0.3 is 0 Å². The number of hydrogen-bond acceptors (Lipinski definition) is 4. The molecule has 1 atom stereocenters.